The van der Waals surface area contributed by atoms with Gasteiger partial charge in [0.05, 0.1) is 16.2 Å². The van der Waals surface area contributed by atoms with E-state index in [1.165, 1.54) is 6.07 Å². The summed E-state index contributed by atoms with van der Waals surface area (Å²) in [5.41, 5.74) is -2.15. The van der Waals surface area contributed by atoms with Crippen molar-refractivity contribution in [1.82, 2.24) is 0 Å². The molecule has 2 rings (SSSR count). The standard InChI is InChI=1S/C13H8BrF3N2O4S/c14-10-7-8(19(20)21)5-6-12(10)24(22,23)18-11-4-2-1-3-9(11)13(15,16)17/h1-7,18H. The molecule has 0 saturated carbocycles. The zero-order valence-electron chi connectivity index (χ0n) is 11.5. The van der Waals surface area contributed by atoms with Crippen LogP contribution in [-0.2, 0) is 16.2 Å². The highest BCUT2D eigenvalue weighted by Crippen LogP contribution is 2.36. The topological polar surface area (TPSA) is 89.3 Å². The van der Waals surface area contributed by atoms with Gasteiger partial charge in [-0.25, -0.2) is 8.42 Å². The molecule has 0 spiro atoms. The number of anilines is 1. The molecule has 0 amide bonds. The molecule has 24 heavy (non-hydrogen) atoms. The van der Waals surface area contributed by atoms with Crippen LogP contribution in [0.5, 0.6) is 0 Å². The zero-order chi connectivity index (χ0) is 18.1. The highest BCUT2D eigenvalue weighted by atomic mass is 79.9. The summed E-state index contributed by atoms with van der Waals surface area (Å²) in [6, 6.07) is 6.91. The van der Waals surface area contributed by atoms with E-state index in [0.29, 0.717) is 0 Å². The number of nitro benzene ring substituents is 1. The van der Waals surface area contributed by atoms with Gasteiger partial charge < -0.3 is 0 Å². The molecule has 0 radical (unpaired) electrons. The number of halogens is 4. The first-order valence-electron chi connectivity index (χ1n) is 6.15. The molecule has 0 aliphatic heterocycles. The van der Waals surface area contributed by atoms with Crippen molar-refractivity contribution in [1.29, 1.82) is 0 Å². The van der Waals surface area contributed by atoms with E-state index in [4.69, 9.17) is 0 Å². The molecule has 0 fully saturated rings. The SMILES string of the molecule is O=[N+]([O-])c1ccc(S(=O)(=O)Nc2ccccc2C(F)(F)F)c(Br)c1. The molecule has 0 unspecified atom stereocenters. The van der Waals surface area contributed by atoms with E-state index in [2.05, 4.69) is 15.9 Å². The average Bonchev–Trinajstić information content (AvgIpc) is 2.45. The Kier molecular flexibility index (Phi) is 4.85. The number of sulfonamides is 1. The van der Waals surface area contributed by atoms with Gasteiger partial charge in [0.2, 0.25) is 0 Å². The van der Waals surface area contributed by atoms with Gasteiger partial charge in [0.15, 0.2) is 0 Å². The summed E-state index contributed by atoms with van der Waals surface area (Å²) in [4.78, 5) is 9.50. The monoisotopic (exact) mass is 424 g/mol. The second kappa shape index (κ2) is 6.40. The first-order valence-corrected chi connectivity index (χ1v) is 8.43. The Labute approximate surface area is 142 Å². The fraction of sp³-hybridized carbons (Fsp3) is 0.0769. The summed E-state index contributed by atoms with van der Waals surface area (Å²) >= 11 is 2.88. The van der Waals surface area contributed by atoms with E-state index in [0.717, 1.165) is 36.4 Å². The number of para-hydroxylation sites is 1. The highest BCUT2D eigenvalue weighted by Gasteiger charge is 2.34. The maximum atomic E-state index is 12.9. The molecular weight excluding hydrogens is 417 g/mol. The van der Waals surface area contributed by atoms with E-state index in [9.17, 15) is 31.7 Å². The van der Waals surface area contributed by atoms with Gasteiger partial charge in [0, 0.05) is 16.6 Å². The molecule has 0 atom stereocenters. The number of alkyl halides is 3. The number of nitro groups is 1. The summed E-state index contributed by atoms with van der Waals surface area (Å²) in [5.74, 6) is 0. The third-order valence-corrected chi connectivity index (χ3v) is 5.23. The smallest absolute Gasteiger partial charge is 0.279 e. The molecule has 128 valence electrons. The van der Waals surface area contributed by atoms with Crippen LogP contribution in [0.1, 0.15) is 5.56 Å². The molecule has 6 nitrogen and oxygen atoms in total. The van der Waals surface area contributed by atoms with Gasteiger partial charge in [0.1, 0.15) is 4.90 Å². The summed E-state index contributed by atoms with van der Waals surface area (Å²) < 4.78 is 65.1. The van der Waals surface area contributed by atoms with E-state index < -0.39 is 37.3 Å². The van der Waals surface area contributed by atoms with E-state index in [1.54, 1.807) is 0 Å². The molecule has 0 saturated heterocycles. The van der Waals surface area contributed by atoms with Crippen molar-refractivity contribution in [3.8, 4) is 0 Å². The highest BCUT2D eigenvalue weighted by molar-refractivity contribution is 9.10. The Bertz CT molecular complexity index is 900. The van der Waals surface area contributed by atoms with Crippen LogP contribution in [0.25, 0.3) is 0 Å². The molecule has 2 aromatic carbocycles. The van der Waals surface area contributed by atoms with E-state index in [-0.39, 0.29) is 10.2 Å². The predicted molar refractivity (Wildman–Crippen MR) is 83.0 cm³/mol. The molecule has 2 aromatic rings. The lowest BCUT2D eigenvalue weighted by molar-refractivity contribution is -0.385. The van der Waals surface area contributed by atoms with Crippen molar-refractivity contribution in [3.63, 3.8) is 0 Å². The largest absolute Gasteiger partial charge is 0.418 e. The minimum atomic E-state index is -4.74. The van der Waals surface area contributed by atoms with Crippen molar-refractivity contribution >= 4 is 37.3 Å². The molecule has 0 aliphatic carbocycles. The number of benzene rings is 2. The Hall–Kier alpha value is -2.14. The van der Waals surface area contributed by atoms with E-state index in [1.807, 2.05) is 4.72 Å². The fourth-order valence-electron chi connectivity index (χ4n) is 1.84. The minimum Gasteiger partial charge on any atom is -0.279 e. The molecule has 1 N–H and O–H groups in total. The quantitative estimate of drug-likeness (QED) is 0.588. The summed E-state index contributed by atoms with van der Waals surface area (Å²) in [7, 11) is -4.39. The normalized spacial score (nSPS) is 12.0. The van der Waals surface area contributed by atoms with Gasteiger partial charge >= 0.3 is 6.18 Å². The minimum absolute atomic E-state index is 0.145. The number of nitrogens with zero attached hydrogens (tertiary/aromatic N) is 1. The summed E-state index contributed by atoms with van der Waals surface area (Å²) in [6.45, 7) is 0. The van der Waals surface area contributed by atoms with Crippen molar-refractivity contribution in [3.05, 3.63) is 62.6 Å². The van der Waals surface area contributed by atoms with Gasteiger partial charge in [-0.2, -0.15) is 13.2 Å². The number of rotatable bonds is 4. The van der Waals surface area contributed by atoms with Crippen LogP contribution in [0.15, 0.2) is 51.8 Å². The number of hydrogen-bond donors (Lipinski definition) is 1. The number of hydrogen-bond acceptors (Lipinski definition) is 4. The van der Waals surface area contributed by atoms with Crippen LogP contribution in [0.3, 0.4) is 0 Å². The lowest BCUT2D eigenvalue weighted by Gasteiger charge is -2.15. The zero-order valence-corrected chi connectivity index (χ0v) is 13.9. The first-order chi connectivity index (χ1) is 11.0. The van der Waals surface area contributed by atoms with Crippen LogP contribution >= 0.6 is 15.9 Å². The first kappa shape index (κ1) is 18.2. The third-order valence-electron chi connectivity index (χ3n) is 2.89. The predicted octanol–water partition coefficient (Wildman–Crippen LogP) is 4.18. The number of nitrogens with one attached hydrogen (secondary N) is 1. The molecule has 0 bridgehead atoms. The van der Waals surface area contributed by atoms with Crippen LogP contribution < -0.4 is 4.72 Å². The van der Waals surface area contributed by atoms with Crippen molar-refractivity contribution in [2.45, 2.75) is 11.1 Å². The lowest BCUT2D eigenvalue weighted by Crippen LogP contribution is -2.17. The Morgan fingerprint density at radius 2 is 1.75 bits per heavy atom. The van der Waals surface area contributed by atoms with Gasteiger partial charge in [-0.15, -0.1) is 0 Å². The fourth-order valence-corrected chi connectivity index (χ4v) is 3.99. The molecular formula is C13H8BrF3N2O4S. The van der Waals surface area contributed by atoms with Crippen LogP contribution in [0.4, 0.5) is 24.5 Å². The van der Waals surface area contributed by atoms with Gasteiger partial charge in [-0.1, -0.05) is 12.1 Å². The number of non-ortho nitro benzene ring substituents is 1. The average molecular weight is 425 g/mol. The van der Waals surface area contributed by atoms with Gasteiger partial charge in [-0.05, 0) is 34.1 Å². The van der Waals surface area contributed by atoms with Crippen LogP contribution in [-0.4, -0.2) is 13.3 Å². The van der Waals surface area contributed by atoms with Gasteiger partial charge in [-0.3, -0.25) is 14.8 Å². The second-order valence-electron chi connectivity index (χ2n) is 4.52. The van der Waals surface area contributed by atoms with Crippen LogP contribution in [0, 0.1) is 10.1 Å². The lowest BCUT2D eigenvalue weighted by atomic mass is 10.2. The second-order valence-corrected chi connectivity index (χ2v) is 7.03. The Morgan fingerprint density at radius 1 is 1.12 bits per heavy atom. The summed E-state index contributed by atoms with van der Waals surface area (Å²) in [5, 5.41) is 10.7. The maximum Gasteiger partial charge on any atom is 0.418 e. The molecule has 0 heterocycles. The van der Waals surface area contributed by atoms with E-state index >= 15 is 0 Å². The van der Waals surface area contributed by atoms with Crippen molar-refractivity contribution < 1.29 is 26.5 Å². The molecule has 11 heteroatoms. The summed E-state index contributed by atoms with van der Waals surface area (Å²) in [6.07, 6.45) is -4.74. The Balaban J connectivity index is 2.46. The van der Waals surface area contributed by atoms with Crippen molar-refractivity contribution in [2.24, 2.45) is 0 Å². The maximum absolute atomic E-state index is 12.9. The third kappa shape index (κ3) is 3.85. The van der Waals surface area contributed by atoms with Crippen LogP contribution in [0.2, 0.25) is 0 Å². The van der Waals surface area contributed by atoms with Gasteiger partial charge in [0.25, 0.3) is 15.7 Å². The Morgan fingerprint density at radius 3 is 2.29 bits per heavy atom. The van der Waals surface area contributed by atoms with Crippen molar-refractivity contribution in [2.75, 3.05) is 4.72 Å². The molecule has 0 aliphatic rings. The molecule has 0 aromatic heterocycles.